The van der Waals surface area contributed by atoms with Crippen molar-refractivity contribution in [1.82, 2.24) is 4.98 Å². The van der Waals surface area contributed by atoms with Crippen LogP contribution in [-0.2, 0) is 16.0 Å². The minimum absolute atomic E-state index is 0.155. The van der Waals surface area contributed by atoms with Gasteiger partial charge in [0.1, 0.15) is 5.78 Å². The molecule has 0 aromatic carbocycles. The topological polar surface area (TPSA) is 39.2 Å². The average molecular weight is 207 g/mol. The molecule has 3 heteroatoms. The standard InChI is InChI=1S/C12H17NO2/c1-10(15-2)5-6-12(14)8-11-4-3-7-13-9-11/h3-4,7,9-10H,5-6,8H2,1-2H3. The molecule has 1 aromatic heterocycles. The van der Waals surface area contributed by atoms with Crippen LogP contribution in [0, 0.1) is 0 Å². The van der Waals surface area contributed by atoms with Crippen molar-refractivity contribution in [3.05, 3.63) is 30.1 Å². The Morgan fingerprint density at radius 1 is 1.60 bits per heavy atom. The molecule has 15 heavy (non-hydrogen) atoms. The number of Topliss-reactive ketones (excluding diaryl/α,β-unsaturated/α-hetero) is 1. The predicted octanol–water partition coefficient (Wildman–Crippen LogP) is 2.01. The highest BCUT2D eigenvalue weighted by Gasteiger charge is 2.06. The number of rotatable bonds is 6. The maximum absolute atomic E-state index is 11.5. The molecular weight excluding hydrogens is 190 g/mol. The van der Waals surface area contributed by atoms with Crippen LogP contribution < -0.4 is 0 Å². The Morgan fingerprint density at radius 2 is 2.40 bits per heavy atom. The SMILES string of the molecule is COC(C)CCC(=O)Cc1cccnc1. The number of aromatic nitrogens is 1. The zero-order valence-electron chi connectivity index (χ0n) is 9.27. The van der Waals surface area contributed by atoms with Crippen LogP contribution in [0.3, 0.4) is 0 Å². The quantitative estimate of drug-likeness (QED) is 0.716. The van der Waals surface area contributed by atoms with Crippen molar-refractivity contribution in [3.63, 3.8) is 0 Å². The van der Waals surface area contributed by atoms with Gasteiger partial charge >= 0.3 is 0 Å². The van der Waals surface area contributed by atoms with Crippen LogP contribution in [0.5, 0.6) is 0 Å². The van der Waals surface area contributed by atoms with Crippen molar-refractivity contribution >= 4 is 5.78 Å². The number of ketones is 1. The molecule has 0 spiro atoms. The van der Waals surface area contributed by atoms with E-state index in [0.29, 0.717) is 12.8 Å². The first-order valence-electron chi connectivity index (χ1n) is 5.15. The molecule has 82 valence electrons. The molecule has 0 aliphatic carbocycles. The van der Waals surface area contributed by atoms with Gasteiger partial charge in [-0.2, -0.15) is 0 Å². The fourth-order valence-corrected chi connectivity index (χ4v) is 1.30. The summed E-state index contributed by atoms with van der Waals surface area (Å²) in [6.07, 6.45) is 5.44. The molecule has 0 saturated carbocycles. The third-order valence-corrected chi connectivity index (χ3v) is 2.36. The van der Waals surface area contributed by atoms with Crippen LogP contribution >= 0.6 is 0 Å². The summed E-state index contributed by atoms with van der Waals surface area (Å²) in [6, 6.07) is 3.77. The Bertz CT molecular complexity index is 298. The number of ether oxygens (including phenoxy) is 1. The van der Waals surface area contributed by atoms with Crippen LogP contribution in [0.15, 0.2) is 24.5 Å². The molecule has 0 amide bonds. The van der Waals surface area contributed by atoms with Crippen LogP contribution in [0.4, 0.5) is 0 Å². The molecule has 3 nitrogen and oxygen atoms in total. The molecule has 0 radical (unpaired) electrons. The smallest absolute Gasteiger partial charge is 0.137 e. The third kappa shape index (κ3) is 4.70. The fourth-order valence-electron chi connectivity index (χ4n) is 1.30. The Balaban J connectivity index is 2.31. The average Bonchev–Trinajstić information content (AvgIpc) is 2.27. The number of carbonyl (C=O) groups is 1. The predicted molar refractivity (Wildman–Crippen MR) is 58.7 cm³/mol. The molecule has 1 rings (SSSR count). The van der Waals surface area contributed by atoms with Crippen molar-refractivity contribution in [3.8, 4) is 0 Å². The van der Waals surface area contributed by atoms with Gasteiger partial charge in [-0.1, -0.05) is 6.07 Å². The van der Waals surface area contributed by atoms with Gasteiger partial charge in [-0.25, -0.2) is 0 Å². The largest absolute Gasteiger partial charge is 0.382 e. The first kappa shape index (κ1) is 11.9. The fraction of sp³-hybridized carbons (Fsp3) is 0.500. The van der Waals surface area contributed by atoms with Gasteiger partial charge in [0.05, 0.1) is 6.10 Å². The molecule has 0 aliphatic heterocycles. The van der Waals surface area contributed by atoms with E-state index in [4.69, 9.17) is 4.74 Å². The molecule has 0 bridgehead atoms. The summed E-state index contributed by atoms with van der Waals surface area (Å²) in [4.78, 5) is 15.5. The lowest BCUT2D eigenvalue weighted by molar-refractivity contribution is -0.119. The molecule has 0 aliphatic rings. The Kier molecular flexibility index (Phi) is 4.98. The number of pyridine rings is 1. The molecule has 1 unspecified atom stereocenters. The molecule has 0 saturated heterocycles. The normalized spacial score (nSPS) is 12.4. The van der Waals surface area contributed by atoms with Crippen molar-refractivity contribution in [1.29, 1.82) is 0 Å². The van der Waals surface area contributed by atoms with Gasteiger partial charge in [0.25, 0.3) is 0 Å². The van der Waals surface area contributed by atoms with Gasteiger partial charge < -0.3 is 4.74 Å². The van der Waals surface area contributed by atoms with E-state index in [-0.39, 0.29) is 11.9 Å². The van der Waals surface area contributed by atoms with Gasteiger partial charge in [0, 0.05) is 32.3 Å². The zero-order valence-corrected chi connectivity index (χ0v) is 9.27. The van der Waals surface area contributed by atoms with Crippen LogP contribution in [-0.4, -0.2) is 24.0 Å². The highest BCUT2D eigenvalue weighted by Crippen LogP contribution is 2.05. The van der Waals surface area contributed by atoms with Crippen LogP contribution in [0.2, 0.25) is 0 Å². The molecule has 1 heterocycles. The maximum Gasteiger partial charge on any atom is 0.137 e. The first-order valence-corrected chi connectivity index (χ1v) is 5.15. The Morgan fingerprint density at radius 3 is 3.00 bits per heavy atom. The summed E-state index contributed by atoms with van der Waals surface area (Å²) in [5, 5.41) is 0. The minimum atomic E-state index is 0.155. The van der Waals surface area contributed by atoms with E-state index in [1.807, 2.05) is 19.1 Å². The highest BCUT2D eigenvalue weighted by atomic mass is 16.5. The second-order valence-corrected chi connectivity index (χ2v) is 3.66. The summed E-state index contributed by atoms with van der Waals surface area (Å²) >= 11 is 0. The van der Waals surface area contributed by atoms with Crippen LogP contribution in [0.25, 0.3) is 0 Å². The molecule has 1 atom stereocenters. The van der Waals surface area contributed by atoms with Crippen LogP contribution in [0.1, 0.15) is 25.3 Å². The molecule has 0 N–H and O–H groups in total. The van der Waals surface area contributed by atoms with Gasteiger partial charge in [0.2, 0.25) is 0 Å². The van der Waals surface area contributed by atoms with E-state index in [2.05, 4.69) is 4.98 Å². The summed E-state index contributed by atoms with van der Waals surface area (Å²) in [5.41, 5.74) is 0.979. The van der Waals surface area contributed by atoms with Crippen molar-refractivity contribution < 1.29 is 9.53 Å². The number of nitrogens with zero attached hydrogens (tertiary/aromatic N) is 1. The Labute approximate surface area is 90.5 Å². The van der Waals surface area contributed by atoms with E-state index >= 15 is 0 Å². The molecule has 1 aromatic rings. The van der Waals surface area contributed by atoms with E-state index in [1.165, 1.54) is 0 Å². The van der Waals surface area contributed by atoms with Gasteiger partial charge in [-0.3, -0.25) is 9.78 Å². The summed E-state index contributed by atoms with van der Waals surface area (Å²) < 4.78 is 5.09. The van der Waals surface area contributed by atoms with E-state index < -0.39 is 0 Å². The summed E-state index contributed by atoms with van der Waals surface area (Å²) in [6.45, 7) is 1.97. The van der Waals surface area contributed by atoms with Gasteiger partial charge in [0.15, 0.2) is 0 Å². The second kappa shape index (κ2) is 6.30. The number of carbonyl (C=O) groups excluding carboxylic acids is 1. The first-order chi connectivity index (χ1) is 7.22. The summed E-state index contributed by atoms with van der Waals surface area (Å²) in [5.74, 6) is 0.243. The van der Waals surface area contributed by atoms with Gasteiger partial charge in [-0.15, -0.1) is 0 Å². The third-order valence-electron chi connectivity index (χ3n) is 2.36. The lowest BCUT2D eigenvalue weighted by atomic mass is 10.1. The van der Waals surface area contributed by atoms with Crippen molar-refractivity contribution in [2.45, 2.75) is 32.3 Å². The van der Waals surface area contributed by atoms with Crippen molar-refractivity contribution in [2.75, 3.05) is 7.11 Å². The lowest BCUT2D eigenvalue weighted by Gasteiger charge is -2.07. The molecular formula is C12H17NO2. The maximum atomic E-state index is 11.5. The highest BCUT2D eigenvalue weighted by molar-refractivity contribution is 5.80. The number of hydrogen-bond donors (Lipinski definition) is 0. The second-order valence-electron chi connectivity index (χ2n) is 3.66. The molecule has 0 fully saturated rings. The summed E-state index contributed by atoms with van der Waals surface area (Å²) in [7, 11) is 1.66. The van der Waals surface area contributed by atoms with E-state index in [0.717, 1.165) is 12.0 Å². The van der Waals surface area contributed by atoms with Crippen molar-refractivity contribution in [2.24, 2.45) is 0 Å². The van der Waals surface area contributed by atoms with E-state index in [1.54, 1.807) is 19.5 Å². The van der Waals surface area contributed by atoms with Gasteiger partial charge in [-0.05, 0) is 25.0 Å². The lowest BCUT2D eigenvalue weighted by Crippen LogP contribution is -2.10. The minimum Gasteiger partial charge on any atom is -0.382 e. The number of hydrogen-bond acceptors (Lipinski definition) is 3. The Hall–Kier alpha value is -1.22. The number of methoxy groups -OCH3 is 1. The zero-order chi connectivity index (χ0) is 11.1. The monoisotopic (exact) mass is 207 g/mol. The van der Waals surface area contributed by atoms with E-state index in [9.17, 15) is 4.79 Å².